The average Bonchev–Trinajstić information content (AvgIpc) is 3.29. The van der Waals surface area contributed by atoms with Gasteiger partial charge in [0, 0.05) is 38.9 Å². The summed E-state index contributed by atoms with van der Waals surface area (Å²) >= 11 is 0. The first-order valence-electron chi connectivity index (χ1n) is 10.7. The van der Waals surface area contributed by atoms with Gasteiger partial charge in [-0.3, -0.25) is 14.7 Å². The van der Waals surface area contributed by atoms with Gasteiger partial charge in [0.15, 0.2) is 5.96 Å². The third kappa shape index (κ3) is 6.46. The molecule has 0 bridgehead atoms. The van der Waals surface area contributed by atoms with Gasteiger partial charge in [-0.1, -0.05) is 36.4 Å². The number of hydrogen-bond acceptors (Lipinski definition) is 3. The predicted molar refractivity (Wildman–Crippen MR) is 119 cm³/mol. The molecule has 3 rings (SSSR count). The van der Waals surface area contributed by atoms with E-state index < -0.39 is 0 Å². The first kappa shape index (κ1) is 21.1. The third-order valence-electron chi connectivity index (χ3n) is 5.47. The van der Waals surface area contributed by atoms with Crippen molar-refractivity contribution in [1.82, 2.24) is 20.1 Å². The largest absolute Gasteiger partial charge is 0.356 e. The molecule has 1 aliphatic heterocycles. The van der Waals surface area contributed by atoms with E-state index in [-0.39, 0.29) is 5.56 Å². The van der Waals surface area contributed by atoms with Crippen LogP contribution < -0.4 is 16.2 Å². The lowest BCUT2D eigenvalue weighted by Gasteiger charge is -2.29. The van der Waals surface area contributed by atoms with Gasteiger partial charge in [0.25, 0.3) is 0 Å². The zero-order valence-corrected chi connectivity index (χ0v) is 17.4. The fraction of sp³-hybridized carbons (Fsp3) is 0.478. The highest BCUT2D eigenvalue weighted by atomic mass is 16.1. The lowest BCUT2D eigenvalue weighted by Crippen LogP contribution is -2.43. The molecular weight excluding hydrogens is 362 g/mol. The molecule has 0 saturated carbocycles. The van der Waals surface area contributed by atoms with Crippen LogP contribution in [0.2, 0.25) is 0 Å². The summed E-state index contributed by atoms with van der Waals surface area (Å²) < 4.78 is 1.76. The Morgan fingerprint density at radius 2 is 1.79 bits per heavy atom. The smallest absolute Gasteiger partial charge is 0.250 e. The second-order valence-corrected chi connectivity index (χ2v) is 7.49. The van der Waals surface area contributed by atoms with E-state index in [9.17, 15) is 4.79 Å². The van der Waals surface area contributed by atoms with Crippen molar-refractivity contribution in [3.05, 3.63) is 70.6 Å². The summed E-state index contributed by atoms with van der Waals surface area (Å²) in [6, 6.07) is 16.4. The van der Waals surface area contributed by atoms with Gasteiger partial charge in [-0.25, -0.2) is 0 Å². The highest BCUT2D eigenvalue weighted by Crippen LogP contribution is 2.24. The number of aliphatic imine (C=N–C) groups is 1. The maximum Gasteiger partial charge on any atom is 0.250 e. The number of rotatable bonds is 9. The molecule has 6 heteroatoms. The molecule has 1 aromatic carbocycles. The number of pyridine rings is 1. The van der Waals surface area contributed by atoms with Crippen molar-refractivity contribution in [1.29, 1.82) is 0 Å². The fourth-order valence-electron chi connectivity index (χ4n) is 3.86. The molecule has 29 heavy (non-hydrogen) atoms. The molecule has 2 heterocycles. The first-order valence-corrected chi connectivity index (χ1v) is 10.7. The summed E-state index contributed by atoms with van der Waals surface area (Å²) in [5.74, 6) is 0.835. The van der Waals surface area contributed by atoms with Crippen LogP contribution in [0.5, 0.6) is 0 Å². The fourth-order valence-corrected chi connectivity index (χ4v) is 3.86. The minimum Gasteiger partial charge on any atom is -0.356 e. The Hall–Kier alpha value is -2.60. The van der Waals surface area contributed by atoms with Crippen molar-refractivity contribution in [2.24, 2.45) is 4.99 Å². The molecule has 156 valence electrons. The topological polar surface area (TPSA) is 61.7 Å². The third-order valence-corrected chi connectivity index (χ3v) is 5.47. The van der Waals surface area contributed by atoms with E-state index in [1.807, 2.05) is 19.3 Å². The Kier molecular flexibility index (Phi) is 8.31. The average molecular weight is 396 g/mol. The second-order valence-electron chi connectivity index (χ2n) is 7.49. The molecule has 2 aromatic rings. The van der Waals surface area contributed by atoms with Crippen molar-refractivity contribution in [2.45, 2.75) is 38.3 Å². The lowest BCUT2D eigenvalue weighted by atomic mass is 10.1. The normalized spacial score (nSPS) is 16.0. The Morgan fingerprint density at radius 1 is 1.03 bits per heavy atom. The van der Waals surface area contributed by atoms with E-state index in [2.05, 4.69) is 50.9 Å². The molecule has 1 fully saturated rings. The van der Waals surface area contributed by atoms with E-state index in [0.29, 0.717) is 6.04 Å². The Bertz CT molecular complexity index is 811. The van der Waals surface area contributed by atoms with Crippen molar-refractivity contribution in [3.63, 3.8) is 0 Å². The predicted octanol–water partition coefficient (Wildman–Crippen LogP) is 2.63. The lowest BCUT2D eigenvalue weighted by molar-refractivity contribution is 0.245. The van der Waals surface area contributed by atoms with Gasteiger partial charge in [-0.05, 0) is 50.4 Å². The highest BCUT2D eigenvalue weighted by Gasteiger charge is 2.23. The van der Waals surface area contributed by atoms with E-state index in [1.54, 1.807) is 16.7 Å². The summed E-state index contributed by atoms with van der Waals surface area (Å²) in [5.41, 5.74) is 1.41. The van der Waals surface area contributed by atoms with E-state index >= 15 is 0 Å². The molecule has 0 spiro atoms. The number of benzene rings is 1. The molecule has 2 N–H and O–H groups in total. The summed E-state index contributed by atoms with van der Waals surface area (Å²) in [6.07, 6.45) is 6.34. The van der Waals surface area contributed by atoms with Gasteiger partial charge in [0.1, 0.15) is 0 Å². The van der Waals surface area contributed by atoms with Gasteiger partial charge in [-0.15, -0.1) is 0 Å². The van der Waals surface area contributed by atoms with Crippen LogP contribution in [0.3, 0.4) is 0 Å². The number of nitrogens with zero attached hydrogens (tertiary/aromatic N) is 3. The maximum absolute atomic E-state index is 11.7. The Labute approximate surface area is 173 Å². The summed E-state index contributed by atoms with van der Waals surface area (Å²) in [7, 11) is 1.81. The van der Waals surface area contributed by atoms with Crippen LogP contribution in [-0.4, -0.2) is 48.7 Å². The van der Waals surface area contributed by atoms with Crippen molar-refractivity contribution < 1.29 is 0 Å². The highest BCUT2D eigenvalue weighted by molar-refractivity contribution is 5.79. The van der Waals surface area contributed by atoms with Gasteiger partial charge < -0.3 is 15.2 Å². The van der Waals surface area contributed by atoms with Gasteiger partial charge >= 0.3 is 0 Å². The summed E-state index contributed by atoms with van der Waals surface area (Å²) in [5, 5.41) is 6.91. The van der Waals surface area contributed by atoms with Gasteiger partial charge in [0.05, 0.1) is 6.04 Å². The quantitative estimate of drug-likeness (QED) is 0.389. The molecule has 0 aliphatic carbocycles. The SMILES string of the molecule is CN=C(NCCCCn1ccccc1=O)NCC(c1ccccc1)N1CCCC1. The summed E-state index contributed by atoms with van der Waals surface area (Å²) in [6.45, 7) is 4.74. The minimum atomic E-state index is 0.0619. The van der Waals surface area contributed by atoms with Crippen LogP contribution in [0, 0.1) is 0 Å². The number of aromatic nitrogens is 1. The number of likely N-dealkylation sites (tertiary alicyclic amines) is 1. The van der Waals surface area contributed by atoms with Crippen LogP contribution in [0.4, 0.5) is 0 Å². The molecule has 1 atom stereocenters. The van der Waals surface area contributed by atoms with Crippen LogP contribution in [0.15, 0.2) is 64.5 Å². The van der Waals surface area contributed by atoms with Crippen molar-refractivity contribution in [2.75, 3.05) is 33.2 Å². The molecule has 1 aliphatic rings. The van der Waals surface area contributed by atoms with Crippen LogP contribution in [0.25, 0.3) is 0 Å². The number of hydrogen-bond donors (Lipinski definition) is 2. The van der Waals surface area contributed by atoms with Crippen LogP contribution in [-0.2, 0) is 6.54 Å². The number of guanidine groups is 1. The maximum atomic E-state index is 11.7. The monoisotopic (exact) mass is 395 g/mol. The van der Waals surface area contributed by atoms with Crippen LogP contribution >= 0.6 is 0 Å². The Balaban J connectivity index is 1.43. The van der Waals surface area contributed by atoms with E-state index in [4.69, 9.17) is 0 Å². The molecule has 6 nitrogen and oxygen atoms in total. The zero-order valence-electron chi connectivity index (χ0n) is 17.4. The Morgan fingerprint density at radius 3 is 2.52 bits per heavy atom. The summed E-state index contributed by atoms with van der Waals surface area (Å²) in [4.78, 5) is 18.7. The number of aryl methyl sites for hydroxylation is 1. The van der Waals surface area contributed by atoms with Gasteiger partial charge in [-0.2, -0.15) is 0 Å². The molecule has 0 amide bonds. The van der Waals surface area contributed by atoms with Crippen molar-refractivity contribution >= 4 is 5.96 Å². The van der Waals surface area contributed by atoms with Crippen LogP contribution in [0.1, 0.15) is 37.3 Å². The standard InChI is InChI=1S/C23H33N5O/c1-24-23(25-14-6-8-18-28-17-7-5-13-22(28)29)26-19-21(27-15-9-10-16-27)20-11-3-2-4-12-20/h2-5,7,11-13,17,21H,6,8-10,14-16,18-19H2,1H3,(H2,24,25,26). The zero-order chi connectivity index (χ0) is 20.3. The van der Waals surface area contributed by atoms with E-state index in [1.165, 1.54) is 18.4 Å². The number of unbranched alkanes of at least 4 members (excludes halogenated alkanes) is 1. The molecular formula is C23H33N5O. The number of nitrogens with one attached hydrogen (secondary N) is 2. The minimum absolute atomic E-state index is 0.0619. The first-order chi connectivity index (χ1) is 14.3. The second kappa shape index (κ2) is 11.4. The molecule has 0 radical (unpaired) electrons. The molecule has 1 saturated heterocycles. The molecule has 1 unspecified atom stereocenters. The van der Waals surface area contributed by atoms with E-state index in [0.717, 1.165) is 51.5 Å². The molecule has 1 aromatic heterocycles. The van der Waals surface area contributed by atoms with Crippen molar-refractivity contribution in [3.8, 4) is 0 Å². The van der Waals surface area contributed by atoms with Gasteiger partial charge in [0.2, 0.25) is 5.56 Å².